The van der Waals surface area contributed by atoms with Crippen molar-refractivity contribution in [3.05, 3.63) is 53.9 Å². The third kappa shape index (κ3) is 7.09. The van der Waals surface area contributed by atoms with Crippen molar-refractivity contribution in [2.45, 2.75) is 33.4 Å². The summed E-state index contributed by atoms with van der Waals surface area (Å²) in [6.07, 6.45) is 5.09. The summed E-state index contributed by atoms with van der Waals surface area (Å²) in [5, 5.41) is 7.75. The summed E-state index contributed by atoms with van der Waals surface area (Å²) in [7, 11) is 0. The lowest BCUT2D eigenvalue weighted by atomic mass is 10.1. The Bertz CT molecular complexity index is 719. The van der Waals surface area contributed by atoms with Crippen molar-refractivity contribution in [2.75, 3.05) is 32.8 Å². The van der Waals surface area contributed by atoms with Gasteiger partial charge >= 0.3 is 0 Å². The maximum atomic E-state index is 5.93. The van der Waals surface area contributed by atoms with Crippen LogP contribution in [0, 0.1) is 12.8 Å². The minimum atomic E-state index is 0. The molecule has 1 N–H and O–H groups in total. The molecule has 1 saturated heterocycles. The normalized spacial score (nSPS) is 16.9. The summed E-state index contributed by atoms with van der Waals surface area (Å²) in [6.45, 7) is 10.1. The molecule has 0 bridgehead atoms. The fourth-order valence-electron chi connectivity index (χ4n) is 3.35. The molecule has 2 heterocycles. The molecule has 0 saturated carbocycles. The molecule has 1 aromatic heterocycles. The van der Waals surface area contributed by atoms with Crippen molar-refractivity contribution in [1.82, 2.24) is 20.0 Å². The van der Waals surface area contributed by atoms with E-state index in [1.807, 2.05) is 16.9 Å². The van der Waals surface area contributed by atoms with E-state index in [1.54, 1.807) is 0 Å². The SMILES string of the molecule is CCNC(=NCCn1cc(C)cn1)N1CCC(COCc2ccccc2)C1.I. The summed E-state index contributed by atoms with van der Waals surface area (Å²) < 4.78 is 7.89. The Morgan fingerprint density at radius 1 is 1.32 bits per heavy atom. The van der Waals surface area contributed by atoms with Crippen LogP contribution in [-0.4, -0.2) is 53.4 Å². The van der Waals surface area contributed by atoms with Gasteiger partial charge in [-0.3, -0.25) is 9.67 Å². The van der Waals surface area contributed by atoms with Gasteiger partial charge in [0, 0.05) is 31.7 Å². The van der Waals surface area contributed by atoms with Crippen molar-refractivity contribution in [3.8, 4) is 0 Å². The number of benzene rings is 1. The number of likely N-dealkylation sites (tertiary alicyclic amines) is 1. The van der Waals surface area contributed by atoms with Gasteiger partial charge in [-0.05, 0) is 31.4 Å². The number of aromatic nitrogens is 2. The molecule has 6 nitrogen and oxygen atoms in total. The first kappa shape index (κ1) is 22.7. The van der Waals surface area contributed by atoms with Crippen LogP contribution in [0.3, 0.4) is 0 Å². The number of rotatable bonds is 8. The lowest BCUT2D eigenvalue weighted by Crippen LogP contribution is -2.40. The maximum Gasteiger partial charge on any atom is 0.193 e. The van der Waals surface area contributed by atoms with Crippen LogP contribution in [0.5, 0.6) is 0 Å². The zero-order valence-corrected chi connectivity index (χ0v) is 19.2. The van der Waals surface area contributed by atoms with Gasteiger partial charge in [0.25, 0.3) is 0 Å². The summed E-state index contributed by atoms with van der Waals surface area (Å²) in [4.78, 5) is 7.15. The van der Waals surface area contributed by atoms with E-state index in [0.29, 0.717) is 12.5 Å². The van der Waals surface area contributed by atoms with Crippen LogP contribution >= 0.6 is 24.0 Å². The van der Waals surface area contributed by atoms with Crippen molar-refractivity contribution in [1.29, 1.82) is 0 Å². The predicted molar refractivity (Wildman–Crippen MR) is 124 cm³/mol. The number of halogens is 1. The third-order valence-electron chi connectivity index (χ3n) is 4.74. The second-order valence-electron chi connectivity index (χ2n) is 7.12. The zero-order valence-electron chi connectivity index (χ0n) is 16.9. The molecule has 1 aliphatic heterocycles. The summed E-state index contributed by atoms with van der Waals surface area (Å²) in [6, 6.07) is 10.4. The van der Waals surface area contributed by atoms with Gasteiger partial charge < -0.3 is 15.0 Å². The molecule has 0 aliphatic carbocycles. The Morgan fingerprint density at radius 3 is 2.86 bits per heavy atom. The molecule has 1 fully saturated rings. The van der Waals surface area contributed by atoms with E-state index in [-0.39, 0.29) is 24.0 Å². The molecule has 1 aromatic carbocycles. The highest BCUT2D eigenvalue weighted by Gasteiger charge is 2.24. The zero-order chi connectivity index (χ0) is 18.9. The maximum absolute atomic E-state index is 5.93. The molecule has 154 valence electrons. The van der Waals surface area contributed by atoms with Crippen LogP contribution in [-0.2, 0) is 17.9 Å². The number of nitrogens with zero attached hydrogens (tertiary/aromatic N) is 4. The summed E-state index contributed by atoms with van der Waals surface area (Å²) >= 11 is 0. The number of aryl methyl sites for hydroxylation is 1. The van der Waals surface area contributed by atoms with Gasteiger partial charge in [-0.2, -0.15) is 5.10 Å². The quantitative estimate of drug-likeness (QED) is 0.346. The number of guanidine groups is 1. The van der Waals surface area contributed by atoms with E-state index < -0.39 is 0 Å². The second-order valence-corrected chi connectivity index (χ2v) is 7.12. The highest BCUT2D eigenvalue weighted by Crippen LogP contribution is 2.17. The number of hydrogen-bond acceptors (Lipinski definition) is 3. The molecule has 2 aromatic rings. The fourth-order valence-corrected chi connectivity index (χ4v) is 3.35. The lowest BCUT2D eigenvalue weighted by molar-refractivity contribution is 0.0906. The Hall–Kier alpha value is -1.61. The minimum absolute atomic E-state index is 0. The van der Waals surface area contributed by atoms with Gasteiger partial charge in [-0.15, -0.1) is 24.0 Å². The van der Waals surface area contributed by atoms with Crippen LogP contribution in [0.2, 0.25) is 0 Å². The fraction of sp³-hybridized carbons (Fsp3) is 0.524. The van der Waals surface area contributed by atoms with Gasteiger partial charge in [0.05, 0.1) is 32.5 Å². The Balaban J connectivity index is 0.00000280. The van der Waals surface area contributed by atoms with Crippen LogP contribution in [0.25, 0.3) is 0 Å². The van der Waals surface area contributed by atoms with E-state index in [9.17, 15) is 0 Å². The lowest BCUT2D eigenvalue weighted by Gasteiger charge is -2.21. The monoisotopic (exact) mass is 497 g/mol. The molecule has 0 amide bonds. The van der Waals surface area contributed by atoms with Crippen molar-refractivity contribution < 1.29 is 4.74 Å². The first-order chi connectivity index (χ1) is 13.2. The topological polar surface area (TPSA) is 54.7 Å². The summed E-state index contributed by atoms with van der Waals surface area (Å²) in [5.74, 6) is 1.57. The van der Waals surface area contributed by atoms with E-state index in [2.05, 4.69) is 59.6 Å². The number of aliphatic imine (C=N–C) groups is 1. The molecule has 28 heavy (non-hydrogen) atoms. The molecular formula is C21H32IN5O. The Morgan fingerprint density at radius 2 is 2.14 bits per heavy atom. The van der Waals surface area contributed by atoms with Gasteiger partial charge in [-0.1, -0.05) is 30.3 Å². The smallest absolute Gasteiger partial charge is 0.193 e. The summed E-state index contributed by atoms with van der Waals surface area (Å²) in [5.41, 5.74) is 2.42. The van der Waals surface area contributed by atoms with Crippen LogP contribution in [0.1, 0.15) is 24.5 Å². The van der Waals surface area contributed by atoms with E-state index >= 15 is 0 Å². The molecule has 7 heteroatoms. The van der Waals surface area contributed by atoms with E-state index in [0.717, 1.165) is 51.7 Å². The molecule has 1 atom stereocenters. The minimum Gasteiger partial charge on any atom is -0.376 e. The Kier molecular flexibility index (Phi) is 9.77. The Labute approximate surface area is 185 Å². The number of ether oxygens (including phenoxy) is 1. The third-order valence-corrected chi connectivity index (χ3v) is 4.74. The number of hydrogen-bond donors (Lipinski definition) is 1. The van der Waals surface area contributed by atoms with Crippen LogP contribution < -0.4 is 5.32 Å². The average Bonchev–Trinajstić information content (AvgIpc) is 3.31. The van der Waals surface area contributed by atoms with Crippen LogP contribution in [0.4, 0.5) is 0 Å². The van der Waals surface area contributed by atoms with Gasteiger partial charge in [0.2, 0.25) is 0 Å². The van der Waals surface area contributed by atoms with Crippen molar-refractivity contribution >= 4 is 29.9 Å². The highest BCUT2D eigenvalue weighted by molar-refractivity contribution is 14.0. The standard InChI is InChI=1S/C21H31N5O.HI/c1-3-22-21(23-10-12-26-14-18(2)13-24-26)25-11-9-20(15-25)17-27-16-19-7-5-4-6-8-19;/h4-8,13-14,20H,3,9-12,15-17H2,1-2H3,(H,22,23);1H. The largest absolute Gasteiger partial charge is 0.376 e. The van der Waals surface area contributed by atoms with E-state index in [4.69, 9.17) is 9.73 Å². The predicted octanol–water partition coefficient (Wildman–Crippen LogP) is 3.31. The average molecular weight is 497 g/mol. The molecule has 3 rings (SSSR count). The highest BCUT2D eigenvalue weighted by atomic mass is 127. The van der Waals surface area contributed by atoms with Crippen molar-refractivity contribution in [2.24, 2.45) is 10.9 Å². The van der Waals surface area contributed by atoms with E-state index in [1.165, 1.54) is 11.1 Å². The number of nitrogens with one attached hydrogen (secondary N) is 1. The van der Waals surface area contributed by atoms with Gasteiger partial charge in [0.15, 0.2) is 5.96 Å². The van der Waals surface area contributed by atoms with Crippen LogP contribution in [0.15, 0.2) is 47.7 Å². The molecule has 0 radical (unpaired) electrons. The molecule has 0 spiro atoms. The second kappa shape index (κ2) is 12.1. The molecule has 1 aliphatic rings. The van der Waals surface area contributed by atoms with Gasteiger partial charge in [-0.25, -0.2) is 0 Å². The first-order valence-electron chi connectivity index (χ1n) is 9.88. The van der Waals surface area contributed by atoms with Gasteiger partial charge in [0.1, 0.15) is 0 Å². The molecular weight excluding hydrogens is 465 g/mol. The van der Waals surface area contributed by atoms with Crippen molar-refractivity contribution in [3.63, 3.8) is 0 Å². The molecule has 1 unspecified atom stereocenters. The first-order valence-corrected chi connectivity index (χ1v) is 9.88.